The van der Waals surface area contributed by atoms with Gasteiger partial charge in [-0.15, -0.1) is 23.1 Å². The molecule has 1 N–H and O–H groups in total. The van der Waals surface area contributed by atoms with Gasteiger partial charge in [0.1, 0.15) is 0 Å². The fraction of sp³-hybridized carbons (Fsp3) is 0.200. The van der Waals surface area contributed by atoms with E-state index in [-0.39, 0.29) is 5.91 Å². The van der Waals surface area contributed by atoms with Crippen LogP contribution >= 0.6 is 39.0 Å². The summed E-state index contributed by atoms with van der Waals surface area (Å²) in [6, 6.07) is 12.0. The van der Waals surface area contributed by atoms with Crippen LogP contribution in [0.5, 0.6) is 0 Å². The van der Waals surface area contributed by atoms with E-state index in [4.69, 9.17) is 0 Å². The Morgan fingerprint density at radius 2 is 2.24 bits per heavy atom. The van der Waals surface area contributed by atoms with Crippen molar-refractivity contribution in [2.24, 2.45) is 5.10 Å². The molecule has 0 radical (unpaired) electrons. The molecule has 0 atom stereocenters. The Morgan fingerprint density at radius 3 is 2.95 bits per heavy atom. The standard InChI is InChI=1S/C15H15BrN2OS2/c1-11(14-6-3-7-21-14)17-18-15(19)10-20-9-12-4-2-5-13(16)8-12/h2-8H,9-10H2,1H3,(H,18,19)/b17-11-. The fourth-order valence-corrected chi connectivity index (χ4v) is 3.50. The summed E-state index contributed by atoms with van der Waals surface area (Å²) in [5.74, 6) is 1.12. The van der Waals surface area contributed by atoms with Crippen molar-refractivity contribution in [2.45, 2.75) is 12.7 Å². The zero-order chi connectivity index (χ0) is 15.1. The minimum Gasteiger partial charge on any atom is -0.272 e. The van der Waals surface area contributed by atoms with E-state index in [9.17, 15) is 4.79 Å². The van der Waals surface area contributed by atoms with Gasteiger partial charge in [-0.25, -0.2) is 5.43 Å². The zero-order valence-corrected chi connectivity index (χ0v) is 14.7. The van der Waals surface area contributed by atoms with Gasteiger partial charge in [-0.05, 0) is 36.1 Å². The van der Waals surface area contributed by atoms with Gasteiger partial charge in [0.15, 0.2) is 0 Å². The lowest BCUT2D eigenvalue weighted by atomic mass is 10.2. The van der Waals surface area contributed by atoms with E-state index in [2.05, 4.69) is 38.6 Å². The first-order valence-corrected chi connectivity index (χ1v) is 9.17. The fourth-order valence-electron chi connectivity index (χ4n) is 1.61. The Labute approximate surface area is 141 Å². The van der Waals surface area contributed by atoms with Crippen LogP contribution in [0.25, 0.3) is 0 Å². The number of nitrogens with one attached hydrogen (secondary N) is 1. The van der Waals surface area contributed by atoms with Gasteiger partial charge in [0.25, 0.3) is 0 Å². The monoisotopic (exact) mass is 382 g/mol. The lowest BCUT2D eigenvalue weighted by Gasteiger charge is -2.03. The summed E-state index contributed by atoms with van der Waals surface area (Å²) in [5.41, 5.74) is 4.62. The van der Waals surface area contributed by atoms with E-state index in [0.29, 0.717) is 5.75 Å². The maximum atomic E-state index is 11.7. The summed E-state index contributed by atoms with van der Waals surface area (Å²) in [7, 11) is 0. The van der Waals surface area contributed by atoms with Crippen molar-refractivity contribution in [2.75, 3.05) is 5.75 Å². The summed E-state index contributed by atoms with van der Waals surface area (Å²) in [6.45, 7) is 1.89. The van der Waals surface area contributed by atoms with E-state index in [1.54, 1.807) is 23.1 Å². The summed E-state index contributed by atoms with van der Waals surface area (Å²) in [4.78, 5) is 12.8. The van der Waals surface area contributed by atoms with Gasteiger partial charge >= 0.3 is 0 Å². The van der Waals surface area contributed by atoms with Crippen molar-refractivity contribution < 1.29 is 4.79 Å². The molecule has 1 amide bonds. The van der Waals surface area contributed by atoms with Gasteiger partial charge in [-0.3, -0.25) is 4.79 Å². The number of hydrogen-bond acceptors (Lipinski definition) is 4. The normalized spacial score (nSPS) is 11.4. The molecule has 0 saturated heterocycles. The molecule has 0 saturated carbocycles. The number of thioether (sulfide) groups is 1. The molecule has 6 heteroatoms. The van der Waals surface area contributed by atoms with Gasteiger partial charge in [-0.2, -0.15) is 5.10 Å². The molecular formula is C15H15BrN2OS2. The summed E-state index contributed by atoms with van der Waals surface area (Å²) in [6.07, 6.45) is 0. The Hall–Kier alpha value is -1.11. The van der Waals surface area contributed by atoms with Crippen LogP contribution in [0.1, 0.15) is 17.4 Å². The third kappa shape index (κ3) is 5.65. The number of carbonyl (C=O) groups is 1. The predicted octanol–water partition coefficient (Wildman–Crippen LogP) is 4.28. The number of halogens is 1. The van der Waals surface area contributed by atoms with Gasteiger partial charge in [0, 0.05) is 15.1 Å². The lowest BCUT2D eigenvalue weighted by Crippen LogP contribution is -2.21. The van der Waals surface area contributed by atoms with Crippen LogP contribution in [0.2, 0.25) is 0 Å². The number of benzene rings is 1. The minimum absolute atomic E-state index is 0.0779. The molecule has 0 aliphatic rings. The first kappa shape index (κ1) is 16.3. The number of hydrogen-bond donors (Lipinski definition) is 1. The Bertz CT molecular complexity index is 626. The van der Waals surface area contributed by atoms with Crippen LogP contribution in [0, 0.1) is 0 Å². The molecule has 2 rings (SSSR count). The van der Waals surface area contributed by atoms with Crippen LogP contribution in [-0.2, 0) is 10.5 Å². The van der Waals surface area contributed by atoms with E-state index in [0.717, 1.165) is 20.8 Å². The maximum Gasteiger partial charge on any atom is 0.250 e. The van der Waals surface area contributed by atoms with Crippen molar-refractivity contribution in [3.8, 4) is 0 Å². The molecule has 0 bridgehead atoms. The van der Waals surface area contributed by atoms with Crippen LogP contribution in [0.3, 0.4) is 0 Å². The second-order valence-electron chi connectivity index (χ2n) is 4.33. The molecule has 21 heavy (non-hydrogen) atoms. The first-order valence-electron chi connectivity index (χ1n) is 6.34. The zero-order valence-electron chi connectivity index (χ0n) is 11.5. The van der Waals surface area contributed by atoms with Gasteiger partial charge < -0.3 is 0 Å². The Balaban J connectivity index is 1.74. The topological polar surface area (TPSA) is 41.5 Å². The Kier molecular flexibility index (Phi) is 6.48. The molecule has 0 spiro atoms. The summed E-state index contributed by atoms with van der Waals surface area (Å²) in [5, 5.41) is 6.10. The van der Waals surface area contributed by atoms with Crippen molar-refractivity contribution in [1.82, 2.24) is 5.43 Å². The van der Waals surface area contributed by atoms with Crippen molar-refractivity contribution in [3.63, 3.8) is 0 Å². The second kappa shape index (κ2) is 8.36. The predicted molar refractivity (Wildman–Crippen MR) is 95.0 cm³/mol. The average molecular weight is 383 g/mol. The third-order valence-corrected chi connectivity index (χ3v) is 5.09. The maximum absolute atomic E-state index is 11.7. The molecule has 0 fully saturated rings. The number of thiophene rings is 1. The van der Waals surface area contributed by atoms with Crippen LogP contribution in [0.15, 0.2) is 51.4 Å². The van der Waals surface area contributed by atoms with Crippen LogP contribution in [0.4, 0.5) is 0 Å². The van der Waals surface area contributed by atoms with E-state index in [1.165, 1.54) is 5.56 Å². The van der Waals surface area contributed by atoms with Crippen LogP contribution in [-0.4, -0.2) is 17.4 Å². The average Bonchev–Trinajstić information content (AvgIpc) is 2.99. The van der Waals surface area contributed by atoms with Crippen molar-refractivity contribution in [3.05, 3.63) is 56.7 Å². The molecule has 1 aromatic heterocycles. The third-order valence-electron chi connectivity index (χ3n) is 2.62. The van der Waals surface area contributed by atoms with Gasteiger partial charge in [0.05, 0.1) is 11.5 Å². The lowest BCUT2D eigenvalue weighted by molar-refractivity contribution is -0.118. The molecule has 3 nitrogen and oxygen atoms in total. The number of hydrazone groups is 1. The highest BCUT2D eigenvalue weighted by Gasteiger charge is 2.03. The number of carbonyl (C=O) groups excluding carboxylic acids is 1. The SMILES string of the molecule is C/C(=N/NC(=O)CSCc1cccc(Br)c1)c1cccs1. The number of amides is 1. The van der Waals surface area contributed by atoms with Crippen molar-refractivity contribution >= 4 is 50.6 Å². The molecule has 0 aliphatic heterocycles. The smallest absolute Gasteiger partial charge is 0.250 e. The van der Waals surface area contributed by atoms with Gasteiger partial charge in [0.2, 0.25) is 5.91 Å². The minimum atomic E-state index is -0.0779. The summed E-state index contributed by atoms with van der Waals surface area (Å²) < 4.78 is 1.06. The molecule has 110 valence electrons. The van der Waals surface area contributed by atoms with E-state index >= 15 is 0 Å². The largest absolute Gasteiger partial charge is 0.272 e. The highest BCUT2D eigenvalue weighted by Crippen LogP contribution is 2.16. The first-order chi connectivity index (χ1) is 10.1. The molecule has 0 unspecified atom stereocenters. The molecule has 1 heterocycles. The Morgan fingerprint density at radius 1 is 1.38 bits per heavy atom. The molecular weight excluding hydrogens is 368 g/mol. The van der Waals surface area contributed by atoms with E-state index in [1.807, 2.05) is 36.6 Å². The number of rotatable bonds is 6. The highest BCUT2D eigenvalue weighted by molar-refractivity contribution is 9.10. The highest BCUT2D eigenvalue weighted by atomic mass is 79.9. The molecule has 2 aromatic rings. The molecule has 1 aromatic carbocycles. The van der Waals surface area contributed by atoms with Crippen LogP contribution < -0.4 is 5.43 Å². The second-order valence-corrected chi connectivity index (χ2v) is 7.18. The quantitative estimate of drug-likeness (QED) is 0.598. The number of nitrogens with zero attached hydrogens (tertiary/aromatic N) is 1. The van der Waals surface area contributed by atoms with E-state index < -0.39 is 0 Å². The van der Waals surface area contributed by atoms with Gasteiger partial charge in [-0.1, -0.05) is 34.1 Å². The molecule has 0 aliphatic carbocycles. The van der Waals surface area contributed by atoms with Crippen molar-refractivity contribution in [1.29, 1.82) is 0 Å². The summed E-state index contributed by atoms with van der Waals surface area (Å²) >= 11 is 6.62.